The molecule has 0 fully saturated rings. The van der Waals surface area contributed by atoms with Crippen LogP contribution in [0.25, 0.3) is 0 Å². The van der Waals surface area contributed by atoms with Crippen LogP contribution in [0.1, 0.15) is 5.56 Å². The summed E-state index contributed by atoms with van der Waals surface area (Å²) in [7, 11) is 0. The molecule has 0 heterocycles. The third-order valence-corrected chi connectivity index (χ3v) is 1.69. The zero-order chi connectivity index (χ0) is 9.84. The Balaban J connectivity index is 3.14. The first-order valence-electron chi connectivity index (χ1n) is 3.45. The molecular weight excluding hydrogens is 174 g/mol. The van der Waals surface area contributed by atoms with Crippen LogP contribution in [-0.2, 0) is 5.04 Å². The minimum Gasteiger partial charge on any atom is -0.397 e. The standard InChI is InChI=1S/C7H9N3O3/c1-4-6(12-13-11)3-2-5(10-9)7(4)8/h2-3,9,11H,8H2,1H3. The Morgan fingerprint density at radius 3 is 2.77 bits per heavy atom. The maximum absolute atomic E-state index is 8.04. The van der Waals surface area contributed by atoms with E-state index in [1.807, 2.05) is 0 Å². The fourth-order valence-corrected chi connectivity index (χ4v) is 0.922. The molecular formula is C7H9N3O3. The van der Waals surface area contributed by atoms with E-state index in [4.69, 9.17) is 16.5 Å². The van der Waals surface area contributed by atoms with E-state index >= 15 is 0 Å². The fraction of sp³-hybridized carbons (Fsp3) is 0.143. The van der Waals surface area contributed by atoms with Gasteiger partial charge in [0.15, 0.2) is 5.75 Å². The molecule has 4 N–H and O–H groups in total. The monoisotopic (exact) mass is 183 g/mol. The SMILES string of the molecule is Cc1c(OOO)ccc(N=N)c1N. The summed E-state index contributed by atoms with van der Waals surface area (Å²) in [5.74, 6) is 0.285. The lowest BCUT2D eigenvalue weighted by Crippen LogP contribution is -1.97. The molecule has 6 heteroatoms. The van der Waals surface area contributed by atoms with E-state index in [-0.39, 0.29) is 5.75 Å². The Labute approximate surface area is 74.3 Å². The first kappa shape index (κ1) is 9.43. The van der Waals surface area contributed by atoms with Crippen LogP contribution in [0.4, 0.5) is 11.4 Å². The van der Waals surface area contributed by atoms with Crippen LogP contribution in [0.15, 0.2) is 17.2 Å². The summed E-state index contributed by atoms with van der Waals surface area (Å²) in [4.78, 5) is 4.39. The largest absolute Gasteiger partial charge is 0.397 e. The Hall–Kier alpha value is -1.66. The van der Waals surface area contributed by atoms with Gasteiger partial charge in [0.25, 0.3) is 0 Å². The third kappa shape index (κ3) is 1.74. The lowest BCUT2D eigenvalue weighted by molar-refractivity contribution is -0.439. The molecule has 0 aliphatic heterocycles. The number of hydrogen-bond acceptors (Lipinski definition) is 6. The van der Waals surface area contributed by atoms with Crippen LogP contribution in [0, 0.1) is 12.5 Å². The molecule has 0 atom stereocenters. The van der Waals surface area contributed by atoms with Crippen LogP contribution in [0.3, 0.4) is 0 Å². The van der Waals surface area contributed by atoms with Crippen molar-refractivity contribution in [3.05, 3.63) is 17.7 Å². The highest BCUT2D eigenvalue weighted by molar-refractivity contribution is 5.69. The summed E-state index contributed by atoms with van der Waals surface area (Å²) < 4.78 is 0. The zero-order valence-electron chi connectivity index (χ0n) is 6.94. The summed E-state index contributed by atoms with van der Waals surface area (Å²) in [6.07, 6.45) is 0. The van der Waals surface area contributed by atoms with Gasteiger partial charge in [0, 0.05) is 5.56 Å². The summed E-state index contributed by atoms with van der Waals surface area (Å²) in [6.45, 7) is 1.67. The van der Waals surface area contributed by atoms with Gasteiger partial charge in [-0.05, 0) is 24.1 Å². The van der Waals surface area contributed by atoms with Crippen LogP contribution in [0.5, 0.6) is 5.75 Å². The number of nitrogens with one attached hydrogen (secondary N) is 1. The van der Waals surface area contributed by atoms with Crippen LogP contribution >= 0.6 is 0 Å². The van der Waals surface area contributed by atoms with Crippen LogP contribution in [0.2, 0.25) is 0 Å². The van der Waals surface area contributed by atoms with Gasteiger partial charge in [0.05, 0.1) is 5.69 Å². The molecule has 0 radical (unpaired) electrons. The van der Waals surface area contributed by atoms with Gasteiger partial charge in [0.1, 0.15) is 5.69 Å². The number of rotatable bonds is 3. The van der Waals surface area contributed by atoms with Gasteiger partial charge in [-0.2, -0.15) is 5.11 Å². The maximum Gasteiger partial charge on any atom is 0.173 e. The Morgan fingerprint density at radius 2 is 2.23 bits per heavy atom. The van der Waals surface area contributed by atoms with E-state index in [1.165, 1.54) is 12.1 Å². The summed E-state index contributed by atoms with van der Waals surface area (Å²) >= 11 is 0. The van der Waals surface area contributed by atoms with E-state index < -0.39 is 0 Å². The molecule has 1 aromatic rings. The quantitative estimate of drug-likeness (QED) is 0.289. The molecule has 0 amide bonds. The van der Waals surface area contributed by atoms with Gasteiger partial charge in [-0.3, -0.25) is 0 Å². The molecule has 0 spiro atoms. The summed E-state index contributed by atoms with van der Waals surface area (Å²) in [6, 6.07) is 2.99. The second kappa shape index (κ2) is 3.83. The van der Waals surface area contributed by atoms with Crippen molar-refractivity contribution >= 4 is 11.4 Å². The van der Waals surface area contributed by atoms with Crippen molar-refractivity contribution in [2.24, 2.45) is 5.11 Å². The third-order valence-electron chi connectivity index (χ3n) is 1.69. The van der Waals surface area contributed by atoms with Gasteiger partial charge in [-0.25, -0.2) is 10.8 Å². The average molecular weight is 183 g/mol. The van der Waals surface area contributed by atoms with Crippen molar-refractivity contribution in [2.75, 3.05) is 5.73 Å². The molecule has 0 unspecified atom stereocenters. The van der Waals surface area contributed by atoms with Crippen molar-refractivity contribution in [3.8, 4) is 5.75 Å². The molecule has 13 heavy (non-hydrogen) atoms. The predicted molar refractivity (Wildman–Crippen MR) is 44.7 cm³/mol. The van der Waals surface area contributed by atoms with E-state index in [1.54, 1.807) is 6.92 Å². The zero-order valence-corrected chi connectivity index (χ0v) is 6.94. The molecule has 0 aliphatic rings. The number of hydrogen-bond donors (Lipinski definition) is 3. The second-order valence-electron chi connectivity index (χ2n) is 2.39. The summed E-state index contributed by atoms with van der Waals surface area (Å²) in [5.41, 5.74) is 13.6. The lowest BCUT2D eigenvalue weighted by Gasteiger charge is -2.07. The lowest BCUT2D eigenvalue weighted by atomic mass is 10.1. The Bertz CT molecular complexity index is 327. The Morgan fingerprint density at radius 1 is 1.54 bits per heavy atom. The van der Waals surface area contributed by atoms with Crippen molar-refractivity contribution < 1.29 is 15.2 Å². The molecule has 1 aromatic carbocycles. The number of nitrogens with two attached hydrogens (primary N) is 1. The average Bonchev–Trinajstić information content (AvgIpc) is 2.14. The molecule has 6 nitrogen and oxygen atoms in total. The van der Waals surface area contributed by atoms with E-state index in [0.29, 0.717) is 16.9 Å². The molecule has 0 bridgehead atoms. The normalized spacial score (nSPS) is 9.69. The van der Waals surface area contributed by atoms with Crippen molar-refractivity contribution in [3.63, 3.8) is 0 Å². The van der Waals surface area contributed by atoms with Gasteiger partial charge in [0.2, 0.25) is 0 Å². The Kier molecular flexibility index (Phi) is 2.78. The predicted octanol–water partition coefficient (Wildman–Crippen LogP) is 2.02. The molecule has 0 aliphatic carbocycles. The highest BCUT2D eigenvalue weighted by atomic mass is 17.5. The first-order valence-corrected chi connectivity index (χ1v) is 3.45. The van der Waals surface area contributed by atoms with E-state index in [0.717, 1.165) is 0 Å². The summed E-state index contributed by atoms with van der Waals surface area (Å²) in [5, 5.41) is 14.7. The maximum atomic E-state index is 8.04. The van der Waals surface area contributed by atoms with E-state index in [9.17, 15) is 0 Å². The number of benzene rings is 1. The fourth-order valence-electron chi connectivity index (χ4n) is 0.922. The number of nitrogen functional groups attached to an aromatic ring is 1. The second-order valence-corrected chi connectivity index (χ2v) is 2.39. The number of nitrogens with zero attached hydrogens (tertiary/aromatic N) is 1. The highest BCUT2D eigenvalue weighted by Crippen LogP contribution is 2.32. The van der Waals surface area contributed by atoms with Crippen molar-refractivity contribution in [1.29, 1.82) is 5.53 Å². The van der Waals surface area contributed by atoms with Crippen molar-refractivity contribution in [1.82, 2.24) is 0 Å². The molecule has 0 saturated carbocycles. The van der Waals surface area contributed by atoms with Gasteiger partial charge in [-0.1, -0.05) is 0 Å². The van der Waals surface area contributed by atoms with Crippen LogP contribution < -0.4 is 10.6 Å². The minimum atomic E-state index is 0.285. The first-order chi connectivity index (χ1) is 6.20. The van der Waals surface area contributed by atoms with Gasteiger partial charge < -0.3 is 10.6 Å². The molecule has 1 rings (SSSR count). The highest BCUT2D eigenvalue weighted by Gasteiger charge is 2.08. The van der Waals surface area contributed by atoms with Crippen molar-refractivity contribution in [2.45, 2.75) is 6.92 Å². The topological polar surface area (TPSA) is 101 Å². The van der Waals surface area contributed by atoms with Crippen LogP contribution in [-0.4, -0.2) is 5.26 Å². The molecule has 0 saturated heterocycles. The smallest absolute Gasteiger partial charge is 0.173 e. The van der Waals surface area contributed by atoms with Gasteiger partial charge >= 0.3 is 0 Å². The van der Waals surface area contributed by atoms with Gasteiger partial charge in [-0.15, -0.1) is 0 Å². The molecule has 70 valence electrons. The molecule has 0 aromatic heterocycles. The van der Waals surface area contributed by atoms with E-state index in [2.05, 4.69) is 15.0 Å². The minimum absolute atomic E-state index is 0.285. The number of anilines is 1.